The van der Waals surface area contributed by atoms with Crippen LogP contribution in [0.1, 0.15) is 0 Å². The zero-order chi connectivity index (χ0) is 12.1. The minimum absolute atomic E-state index is 0.0937. The molecule has 3 nitrogen and oxygen atoms in total. The van der Waals surface area contributed by atoms with E-state index in [4.69, 9.17) is 11.2 Å². The largest absolute Gasteiger partial charge is 0.514 e. The lowest BCUT2D eigenvalue weighted by molar-refractivity contribution is 0.112. The molecule has 0 aliphatic heterocycles. The van der Waals surface area contributed by atoms with E-state index < -0.39 is 6.16 Å². The molecule has 0 aromatic heterocycles. The van der Waals surface area contributed by atoms with Crippen molar-refractivity contribution >= 4 is 16.9 Å². The second kappa shape index (κ2) is 5.04. The second-order valence-electron chi connectivity index (χ2n) is 3.32. The molecule has 0 fully saturated rings. The van der Waals surface area contributed by atoms with Gasteiger partial charge >= 0.3 is 6.16 Å². The first-order chi connectivity index (χ1) is 8.31. The van der Waals surface area contributed by atoms with E-state index in [1.165, 1.54) is 0 Å². The van der Waals surface area contributed by atoms with E-state index >= 15 is 0 Å². The van der Waals surface area contributed by atoms with Gasteiger partial charge in [0.2, 0.25) is 0 Å². The third-order valence-electron chi connectivity index (χ3n) is 2.22. The highest BCUT2D eigenvalue weighted by molar-refractivity contribution is 5.89. The second-order valence-corrected chi connectivity index (χ2v) is 3.32. The lowest BCUT2D eigenvalue weighted by atomic mass is 10.1. The standard InChI is InChI=1S/C14H10O3/c1-2-10-16-14(15)17-13-9-5-7-11-6-3-4-8-12(11)13/h1,3-9H,10H2. The third kappa shape index (κ3) is 2.56. The maximum Gasteiger partial charge on any atom is 0.514 e. The molecule has 0 amide bonds. The molecule has 17 heavy (non-hydrogen) atoms. The molecule has 0 spiro atoms. The molecule has 3 heteroatoms. The lowest BCUT2D eigenvalue weighted by Gasteiger charge is -2.06. The number of fused-ring (bicyclic) bond motifs is 1. The van der Waals surface area contributed by atoms with Gasteiger partial charge in [0.1, 0.15) is 5.75 Å². The van der Waals surface area contributed by atoms with Crippen molar-refractivity contribution in [2.75, 3.05) is 6.61 Å². The van der Waals surface area contributed by atoms with E-state index in [0.717, 1.165) is 10.8 Å². The Labute approximate surface area is 99.0 Å². The molecular formula is C14H10O3. The van der Waals surface area contributed by atoms with Gasteiger partial charge in [-0.05, 0) is 11.5 Å². The van der Waals surface area contributed by atoms with Gasteiger partial charge in [-0.2, -0.15) is 0 Å². The maximum atomic E-state index is 11.3. The van der Waals surface area contributed by atoms with Crippen molar-refractivity contribution in [3.8, 4) is 18.1 Å². The van der Waals surface area contributed by atoms with Crippen LogP contribution in [0, 0.1) is 12.3 Å². The van der Waals surface area contributed by atoms with Crippen LogP contribution in [0.15, 0.2) is 42.5 Å². The molecule has 0 saturated carbocycles. The predicted octanol–water partition coefficient (Wildman–Crippen LogP) is 2.99. The molecule has 2 aromatic carbocycles. The summed E-state index contributed by atoms with van der Waals surface area (Å²) < 4.78 is 9.72. The van der Waals surface area contributed by atoms with E-state index in [-0.39, 0.29) is 6.61 Å². The Morgan fingerprint density at radius 3 is 2.76 bits per heavy atom. The molecule has 0 radical (unpaired) electrons. The van der Waals surface area contributed by atoms with Crippen LogP contribution in [-0.4, -0.2) is 12.8 Å². The molecule has 0 aliphatic carbocycles. The van der Waals surface area contributed by atoms with Crippen molar-refractivity contribution in [1.82, 2.24) is 0 Å². The molecule has 0 saturated heterocycles. The fourth-order valence-electron chi connectivity index (χ4n) is 1.50. The highest BCUT2D eigenvalue weighted by Gasteiger charge is 2.07. The van der Waals surface area contributed by atoms with E-state index in [9.17, 15) is 4.79 Å². The molecule has 2 aromatic rings. The third-order valence-corrected chi connectivity index (χ3v) is 2.22. The molecule has 0 bridgehead atoms. The Hall–Kier alpha value is -2.47. The van der Waals surface area contributed by atoms with Gasteiger partial charge < -0.3 is 9.47 Å². The van der Waals surface area contributed by atoms with E-state index in [1.807, 2.05) is 36.4 Å². The van der Waals surface area contributed by atoms with Gasteiger partial charge in [0.05, 0.1) is 0 Å². The van der Waals surface area contributed by atoms with Crippen LogP contribution in [0.3, 0.4) is 0 Å². The number of hydrogen-bond donors (Lipinski definition) is 0. The van der Waals surface area contributed by atoms with Crippen LogP contribution in [0.5, 0.6) is 5.75 Å². The van der Waals surface area contributed by atoms with Crippen LogP contribution >= 0.6 is 0 Å². The summed E-state index contributed by atoms with van der Waals surface area (Å²) in [5.41, 5.74) is 0. The molecule has 0 aliphatic rings. The monoisotopic (exact) mass is 226 g/mol. The van der Waals surface area contributed by atoms with Crippen LogP contribution < -0.4 is 4.74 Å². The normalized spacial score (nSPS) is 9.59. The van der Waals surface area contributed by atoms with Crippen LogP contribution in [0.2, 0.25) is 0 Å². The number of ether oxygens (including phenoxy) is 2. The number of terminal acetylenes is 1. The average Bonchev–Trinajstić information content (AvgIpc) is 2.37. The topological polar surface area (TPSA) is 35.5 Å². The van der Waals surface area contributed by atoms with Gasteiger partial charge in [-0.3, -0.25) is 0 Å². The summed E-state index contributed by atoms with van der Waals surface area (Å²) in [4.78, 5) is 11.3. The van der Waals surface area contributed by atoms with Gasteiger partial charge in [0.15, 0.2) is 6.61 Å². The average molecular weight is 226 g/mol. The van der Waals surface area contributed by atoms with Gasteiger partial charge in [-0.25, -0.2) is 4.79 Å². The number of benzene rings is 2. The van der Waals surface area contributed by atoms with Crippen molar-refractivity contribution in [3.05, 3.63) is 42.5 Å². The van der Waals surface area contributed by atoms with Crippen molar-refractivity contribution in [1.29, 1.82) is 0 Å². The Bertz CT molecular complexity index is 576. The van der Waals surface area contributed by atoms with Gasteiger partial charge in [-0.1, -0.05) is 42.3 Å². The summed E-state index contributed by atoms with van der Waals surface area (Å²) in [6.45, 7) is -0.0937. The predicted molar refractivity (Wildman–Crippen MR) is 64.8 cm³/mol. The first-order valence-corrected chi connectivity index (χ1v) is 5.07. The Morgan fingerprint density at radius 2 is 1.94 bits per heavy atom. The van der Waals surface area contributed by atoms with Gasteiger partial charge in [0.25, 0.3) is 0 Å². The highest BCUT2D eigenvalue weighted by atomic mass is 16.7. The fourth-order valence-corrected chi connectivity index (χ4v) is 1.50. The summed E-state index contributed by atoms with van der Waals surface area (Å²) in [6.07, 6.45) is 4.19. The highest BCUT2D eigenvalue weighted by Crippen LogP contribution is 2.25. The number of carbonyl (C=O) groups is 1. The Balaban J connectivity index is 2.24. The van der Waals surface area contributed by atoms with E-state index in [2.05, 4.69) is 10.7 Å². The van der Waals surface area contributed by atoms with E-state index in [1.54, 1.807) is 6.07 Å². The molecule has 0 N–H and O–H groups in total. The molecule has 2 rings (SSSR count). The van der Waals surface area contributed by atoms with Crippen molar-refractivity contribution < 1.29 is 14.3 Å². The summed E-state index contributed by atoms with van der Waals surface area (Å²) in [5, 5.41) is 1.85. The fraction of sp³-hybridized carbons (Fsp3) is 0.0714. The quantitative estimate of drug-likeness (QED) is 0.448. The summed E-state index contributed by atoms with van der Waals surface area (Å²) in [5.74, 6) is 2.66. The lowest BCUT2D eigenvalue weighted by Crippen LogP contribution is -2.10. The smallest absolute Gasteiger partial charge is 0.421 e. The summed E-state index contributed by atoms with van der Waals surface area (Å²) >= 11 is 0. The van der Waals surface area contributed by atoms with Crippen molar-refractivity contribution in [2.24, 2.45) is 0 Å². The first-order valence-electron chi connectivity index (χ1n) is 5.07. The van der Waals surface area contributed by atoms with Gasteiger partial charge in [0, 0.05) is 5.39 Å². The zero-order valence-corrected chi connectivity index (χ0v) is 9.05. The number of carbonyl (C=O) groups excluding carboxylic acids is 1. The van der Waals surface area contributed by atoms with Crippen molar-refractivity contribution in [2.45, 2.75) is 0 Å². The number of hydrogen-bond acceptors (Lipinski definition) is 3. The van der Waals surface area contributed by atoms with Crippen LogP contribution in [-0.2, 0) is 4.74 Å². The minimum Gasteiger partial charge on any atom is -0.421 e. The SMILES string of the molecule is C#CCOC(=O)Oc1cccc2ccccc12. The molecular weight excluding hydrogens is 216 g/mol. The molecule has 0 atom stereocenters. The molecule has 0 heterocycles. The Morgan fingerprint density at radius 1 is 1.18 bits per heavy atom. The van der Waals surface area contributed by atoms with Crippen LogP contribution in [0.25, 0.3) is 10.8 Å². The minimum atomic E-state index is -0.792. The first kappa shape index (κ1) is 11.0. The van der Waals surface area contributed by atoms with E-state index in [0.29, 0.717) is 5.75 Å². The maximum absolute atomic E-state index is 11.3. The van der Waals surface area contributed by atoms with Crippen molar-refractivity contribution in [3.63, 3.8) is 0 Å². The molecule has 0 unspecified atom stereocenters. The summed E-state index contributed by atoms with van der Waals surface area (Å²) in [7, 11) is 0. The summed E-state index contributed by atoms with van der Waals surface area (Å²) in [6, 6.07) is 13.1. The zero-order valence-electron chi connectivity index (χ0n) is 9.05. The molecule has 84 valence electrons. The Kier molecular flexibility index (Phi) is 3.27. The number of rotatable bonds is 2. The van der Waals surface area contributed by atoms with Gasteiger partial charge in [-0.15, -0.1) is 6.42 Å². The van der Waals surface area contributed by atoms with Crippen LogP contribution in [0.4, 0.5) is 4.79 Å².